The first kappa shape index (κ1) is 16.3. The lowest BCUT2D eigenvalue weighted by molar-refractivity contribution is 0.0922. The summed E-state index contributed by atoms with van der Waals surface area (Å²) in [6, 6.07) is 0. The van der Waals surface area contributed by atoms with E-state index in [2.05, 4.69) is 17.2 Å². The standard InChI is InChI=1S/C16H27N3O2/c1-4-15(21-3)16-18-11-13-9-12(5-6-14(13)19-16)10-17-7-8-20-2/h11-12,15,17H,4-10H2,1-3H3. The van der Waals surface area contributed by atoms with E-state index in [-0.39, 0.29) is 6.10 Å². The summed E-state index contributed by atoms with van der Waals surface area (Å²) in [6.07, 6.45) is 6.22. The van der Waals surface area contributed by atoms with Crippen molar-refractivity contribution in [2.24, 2.45) is 5.92 Å². The lowest BCUT2D eigenvalue weighted by Crippen LogP contribution is -2.30. The fraction of sp³-hybridized carbons (Fsp3) is 0.750. The van der Waals surface area contributed by atoms with Crippen molar-refractivity contribution in [1.29, 1.82) is 0 Å². The molecule has 0 amide bonds. The Hall–Kier alpha value is -1.04. The van der Waals surface area contributed by atoms with Gasteiger partial charge in [-0.3, -0.25) is 0 Å². The zero-order chi connectivity index (χ0) is 15.1. The van der Waals surface area contributed by atoms with E-state index in [9.17, 15) is 0 Å². The van der Waals surface area contributed by atoms with Crippen LogP contribution < -0.4 is 5.32 Å². The summed E-state index contributed by atoms with van der Waals surface area (Å²) in [4.78, 5) is 9.22. The van der Waals surface area contributed by atoms with Crippen molar-refractivity contribution in [3.05, 3.63) is 23.3 Å². The molecular formula is C16H27N3O2. The summed E-state index contributed by atoms with van der Waals surface area (Å²) in [6.45, 7) is 4.82. The van der Waals surface area contributed by atoms with Gasteiger partial charge < -0.3 is 14.8 Å². The highest BCUT2D eigenvalue weighted by Gasteiger charge is 2.21. The molecule has 0 saturated carbocycles. The summed E-state index contributed by atoms with van der Waals surface area (Å²) < 4.78 is 10.5. The summed E-state index contributed by atoms with van der Waals surface area (Å²) in [7, 11) is 3.45. The Morgan fingerprint density at radius 1 is 1.43 bits per heavy atom. The van der Waals surface area contributed by atoms with E-state index >= 15 is 0 Å². The van der Waals surface area contributed by atoms with E-state index in [1.54, 1.807) is 14.2 Å². The summed E-state index contributed by atoms with van der Waals surface area (Å²) >= 11 is 0. The number of rotatable bonds is 8. The van der Waals surface area contributed by atoms with E-state index in [0.29, 0.717) is 5.92 Å². The Morgan fingerprint density at radius 3 is 3.00 bits per heavy atom. The molecule has 0 spiro atoms. The molecule has 1 N–H and O–H groups in total. The van der Waals surface area contributed by atoms with Crippen LogP contribution in [0.2, 0.25) is 0 Å². The second kappa shape index (κ2) is 8.41. The molecule has 0 saturated heterocycles. The first-order valence-electron chi connectivity index (χ1n) is 7.85. The van der Waals surface area contributed by atoms with Crippen LogP contribution in [0.4, 0.5) is 0 Å². The van der Waals surface area contributed by atoms with Crippen molar-refractivity contribution in [1.82, 2.24) is 15.3 Å². The zero-order valence-corrected chi connectivity index (χ0v) is 13.4. The van der Waals surface area contributed by atoms with Crippen molar-refractivity contribution >= 4 is 0 Å². The molecular weight excluding hydrogens is 266 g/mol. The third-order valence-electron chi connectivity index (χ3n) is 4.13. The number of nitrogens with zero attached hydrogens (tertiary/aromatic N) is 2. The maximum Gasteiger partial charge on any atom is 0.157 e. The van der Waals surface area contributed by atoms with Crippen molar-refractivity contribution in [3.63, 3.8) is 0 Å². The Balaban J connectivity index is 1.93. The molecule has 1 aromatic rings. The second-order valence-corrected chi connectivity index (χ2v) is 5.64. The van der Waals surface area contributed by atoms with Gasteiger partial charge in [-0.1, -0.05) is 6.92 Å². The van der Waals surface area contributed by atoms with Crippen LogP contribution in [-0.2, 0) is 22.3 Å². The first-order valence-corrected chi connectivity index (χ1v) is 7.85. The van der Waals surface area contributed by atoms with Crippen LogP contribution in [0.3, 0.4) is 0 Å². The average Bonchev–Trinajstić information content (AvgIpc) is 2.52. The fourth-order valence-corrected chi connectivity index (χ4v) is 2.86. The predicted molar refractivity (Wildman–Crippen MR) is 82.3 cm³/mol. The topological polar surface area (TPSA) is 56.3 Å². The largest absolute Gasteiger partial charge is 0.383 e. The highest BCUT2D eigenvalue weighted by molar-refractivity contribution is 5.22. The number of fused-ring (bicyclic) bond motifs is 1. The molecule has 0 aromatic carbocycles. The normalized spacial score (nSPS) is 19.3. The van der Waals surface area contributed by atoms with Crippen LogP contribution in [0.5, 0.6) is 0 Å². The number of methoxy groups -OCH3 is 2. The van der Waals surface area contributed by atoms with E-state index in [1.165, 1.54) is 17.7 Å². The molecule has 2 rings (SSSR count). The highest BCUT2D eigenvalue weighted by atomic mass is 16.5. The van der Waals surface area contributed by atoms with E-state index in [1.807, 2.05) is 6.20 Å². The third kappa shape index (κ3) is 4.46. The lowest BCUT2D eigenvalue weighted by atomic mass is 9.87. The minimum absolute atomic E-state index is 0.0173. The maximum absolute atomic E-state index is 5.43. The monoisotopic (exact) mass is 293 g/mol. The molecule has 5 heteroatoms. The van der Waals surface area contributed by atoms with E-state index in [4.69, 9.17) is 14.5 Å². The highest BCUT2D eigenvalue weighted by Crippen LogP contribution is 2.25. The maximum atomic E-state index is 5.43. The lowest BCUT2D eigenvalue weighted by Gasteiger charge is -2.25. The van der Waals surface area contributed by atoms with Crippen LogP contribution >= 0.6 is 0 Å². The van der Waals surface area contributed by atoms with Gasteiger partial charge in [0.25, 0.3) is 0 Å². The molecule has 5 nitrogen and oxygen atoms in total. The van der Waals surface area contributed by atoms with Crippen LogP contribution in [0.1, 0.15) is 43.0 Å². The number of hydrogen-bond donors (Lipinski definition) is 1. The molecule has 2 unspecified atom stereocenters. The van der Waals surface area contributed by atoms with Gasteiger partial charge in [-0.2, -0.15) is 0 Å². The van der Waals surface area contributed by atoms with Gasteiger partial charge in [0.05, 0.1) is 6.61 Å². The summed E-state index contributed by atoms with van der Waals surface area (Å²) in [5, 5.41) is 3.45. The molecule has 0 aliphatic heterocycles. The van der Waals surface area contributed by atoms with Crippen LogP contribution in [0.15, 0.2) is 6.20 Å². The van der Waals surface area contributed by atoms with Gasteiger partial charge >= 0.3 is 0 Å². The van der Waals surface area contributed by atoms with Gasteiger partial charge in [-0.15, -0.1) is 0 Å². The number of aromatic nitrogens is 2. The van der Waals surface area contributed by atoms with Crippen molar-refractivity contribution in [3.8, 4) is 0 Å². The van der Waals surface area contributed by atoms with Gasteiger partial charge in [0.1, 0.15) is 6.10 Å². The quantitative estimate of drug-likeness (QED) is 0.742. The number of hydrogen-bond acceptors (Lipinski definition) is 5. The van der Waals surface area contributed by atoms with Crippen LogP contribution in [-0.4, -0.2) is 43.9 Å². The van der Waals surface area contributed by atoms with Crippen molar-refractivity contribution in [2.45, 2.75) is 38.7 Å². The predicted octanol–water partition coefficient (Wildman–Crippen LogP) is 1.91. The average molecular weight is 293 g/mol. The molecule has 0 radical (unpaired) electrons. The molecule has 1 aromatic heterocycles. The molecule has 1 aliphatic carbocycles. The Bertz CT molecular complexity index is 436. The summed E-state index contributed by atoms with van der Waals surface area (Å²) in [5.41, 5.74) is 2.51. The van der Waals surface area contributed by atoms with Gasteiger partial charge in [-0.25, -0.2) is 9.97 Å². The minimum Gasteiger partial charge on any atom is -0.383 e. The van der Waals surface area contributed by atoms with Crippen LogP contribution in [0, 0.1) is 5.92 Å². The fourth-order valence-electron chi connectivity index (χ4n) is 2.86. The Morgan fingerprint density at radius 2 is 2.29 bits per heavy atom. The van der Waals surface area contributed by atoms with E-state index < -0.39 is 0 Å². The second-order valence-electron chi connectivity index (χ2n) is 5.64. The van der Waals surface area contributed by atoms with Crippen LogP contribution in [0.25, 0.3) is 0 Å². The molecule has 1 aliphatic rings. The third-order valence-corrected chi connectivity index (χ3v) is 4.13. The minimum atomic E-state index is 0.0173. The van der Waals surface area contributed by atoms with Crippen molar-refractivity contribution < 1.29 is 9.47 Å². The van der Waals surface area contributed by atoms with Gasteiger partial charge in [0, 0.05) is 32.7 Å². The first-order chi connectivity index (χ1) is 10.3. The SMILES string of the molecule is CCC(OC)c1ncc2c(n1)CCC(CNCCOC)C2. The summed E-state index contributed by atoms with van der Waals surface area (Å²) in [5.74, 6) is 1.50. The Kier molecular flexibility index (Phi) is 6.54. The molecule has 1 heterocycles. The zero-order valence-electron chi connectivity index (χ0n) is 13.4. The molecule has 0 fully saturated rings. The number of ether oxygens (including phenoxy) is 2. The van der Waals surface area contributed by atoms with Gasteiger partial charge in [0.15, 0.2) is 5.82 Å². The van der Waals surface area contributed by atoms with E-state index in [0.717, 1.165) is 44.8 Å². The van der Waals surface area contributed by atoms with Gasteiger partial charge in [0.2, 0.25) is 0 Å². The van der Waals surface area contributed by atoms with Crippen molar-refractivity contribution in [2.75, 3.05) is 33.9 Å². The molecule has 0 bridgehead atoms. The number of aryl methyl sites for hydroxylation is 1. The number of nitrogens with one attached hydrogen (secondary N) is 1. The Labute approximate surface area is 127 Å². The molecule has 21 heavy (non-hydrogen) atoms. The van der Waals surface area contributed by atoms with Gasteiger partial charge in [-0.05, 0) is 43.7 Å². The molecule has 118 valence electrons. The smallest absolute Gasteiger partial charge is 0.157 e. The molecule has 2 atom stereocenters.